The molecule has 1 nitrogen and oxygen atoms in total. The van der Waals surface area contributed by atoms with Crippen LogP contribution in [0.15, 0.2) is 4.36 Å². The van der Waals surface area contributed by atoms with Gasteiger partial charge < -0.3 is 0 Å². The van der Waals surface area contributed by atoms with Gasteiger partial charge in [0.25, 0.3) is 0 Å². The molecule has 0 fully saturated rings. The number of hydrogen-bond acceptors (Lipinski definition) is 2. The molecule has 0 bridgehead atoms. The molecule has 0 aliphatic carbocycles. The maximum atomic E-state index is 4.71. The number of hydrogen-bond donors (Lipinski definition) is 0. The highest BCUT2D eigenvalue weighted by Gasteiger charge is 2.32. The predicted octanol–water partition coefficient (Wildman–Crippen LogP) is 2.64. The molecular formula is C7H15NS2. The van der Waals surface area contributed by atoms with Crippen molar-refractivity contribution in [1.29, 1.82) is 0 Å². The van der Waals surface area contributed by atoms with Gasteiger partial charge in [0.15, 0.2) is 0 Å². The van der Waals surface area contributed by atoms with Crippen LogP contribution in [0, 0.1) is 0 Å². The fourth-order valence-electron chi connectivity index (χ4n) is 0.775. The van der Waals surface area contributed by atoms with Crippen molar-refractivity contribution in [2.45, 2.75) is 38.5 Å². The van der Waals surface area contributed by atoms with Crippen molar-refractivity contribution in [2.24, 2.45) is 4.36 Å². The molecule has 0 spiro atoms. The van der Waals surface area contributed by atoms with Crippen LogP contribution >= 0.6 is 10.8 Å². The van der Waals surface area contributed by atoms with Crippen molar-refractivity contribution in [3.63, 3.8) is 0 Å². The van der Waals surface area contributed by atoms with Gasteiger partial charge in [0.05, 0.1) is 5.54 Å². The largest absolute Gasteiger partial charge is 0.247 e. The van der Waals surface area contributed by atoms with Crippen molar-refractivity contribution in [3.8, 4) is 0 Å². The van der Waals surface area contributed by atoms with Gasteiger partial charge in [-0.05, 0) is 23.6 Å². The van der Waals surface area contributed by atoms with E-state index in [1.165, 1.54) is 5.75 Å². The second-order valence-corrected chi connectivity index (χ2v) is 7.13. The van der Waals surface area contributed by atoms with Gasteiger partial charge >= 0.3 is 0 Å². The van der Waals surface area contributed by atoms with Gasteiger partial charge in [-0.25, -0.2) is 4.36 Å². The lowest BCUT2D eigenvalue weighted by molar-refractivity contribution is 0.533. The van der Waals surface area contributed by atoms with E-state index in [0.717, 1.165) is 0 Å². The molecular weight excluding hydrogens is 162 g/mol. The zero-order chi connectivity index (χ0) is 7.78. The first-order valence-electron chi connectivity index (χ1n) is 3.67. The van der Waals surface area contributed by atoms with E-state index in [-0.39, 0.29) is 5.54 Å². The Morgan fingerprint density at radius 2 is 2.20 bits per heavy atom. The van der Waals surface area contributed by atoms with Crippen LogP contribution in [0.3, 0.4) is 0 Å². The van der Waals surface area contributed by atoms with Crippen LogP contribution in [0.2, 0.25) is 0 Å². The van der Waals surface area contributed by atoms with Crippen LogP contribution in [0.5, 0.6) is 0 Å². The Bertz CT molecular complexity index is 163. The standard InChI is InChI=1S/C7H15NS2/c1-5-10-8-7(3,4)6(2)9-10/h6H,5H2,1-4H3. The van der Waals surface area contributed by atoms with Gasteiger partial charge in [-0.15, -0.1) is 0 Å². The van der Waals surface area contributed by atoms with Gasteiger partial charge in [0, 0.05) is 11.0 Å². The molecule has 0 N–H and O–H groups in total. The topological polar surface area (TPSA) is 12.4 Å². The first kappa shape index (κ1) is 8.60. The highest BCUT2D eigenvalue weighted by atomic mass is 33.1. The molecule has 0 saturated heterocycles. The lowest BCUT2D eigenvalue weighted by atomic mass is 10.0. The molecule has 60 valence electrons. The van der Waals surface area contributed by atoms with Crippen LogP contribution in [-0.2, 0) is 9.72 Å². The molecule has 2 unspecified atom stereocenters. The van der Waals surface area contributed by atoms with Gasteiger partial charge in [-0.2, -0.15) is 0 Å². The third-order valence-electron chi connectivity index (χ3n) is 1.83. The molecule has 1 heterocycles. The molecule has 0 aromatic heterocycles. The van der Waals surface area contributed by atoms with E-state index in [1.807, 2.05) is 10.8 Å². The van der Waals surface area contributed by atoms with Crippen molar-refractivity contribution in [3.05, 3.63) is 0 Å². The summed E-state index contributed by atoms with van der Waals surface area (Å²) >= 11 is 0. The van der Waals surface area contributed by atoms with E-state index in [0.29, 0.717) is 15.0 Å². The molecule has 0 saturated carbocycles. The quantitative estimate of drug-likeness (QED) is 0.561. The number of nitrogens with zero attached hydrogens (tertiary/aromatic N) is 1. The zero-order valence-electron chi connectivity index (χ0n) is 7.05. The zero-order valence-corrected chi connectivity index (χ0v) is 8.68. The van der Waals surface area contributed by atoms with Gasteiger partial charge in [-0.3, -0.25) is 0 Å². The molecule has 10 heavy (non-hydrogen) atoms. The Morgan fingerprint density at radius 3 is 2.40 bits per heavy atom. The molecule has 1 rings (SSSR count). The Morgan fingerprint density at radius 1 is 1.60 bits per heavy atom. The van der Waals surface area contributed by atoms with E-state index in [4.69, 9.17) is 4.36 Å². The van der Waals surface area contributed by atoms with Crippen molar-refractivity contribution < 1.29 is 0 Å². The molecule has 1 aliphatic heterocycles. The molecule has 0 amide bonds. The molecule has 2 atom stereocenters. The highest BCUT2D eigenvalue weighted by molar-refractivity contribution is 8.70. The lowest BCUT2D eigenvalue weighted by Gasteiger charge is -2.17. The summed E-state index contributed by atoms with van der Waals surface area (Å²) < 4.78 is 4.71. The maximum absolute atomic E-state index is 4.71. The van der Waals surface area contributed by atoms with Gasteiger partial charge in [0.1, 0.15) is 0 Å². The predicted molar refractivity (Wildman–Crippen MR) is 51.5 cm³/mol. The molecule has 3 heteroatoms. The third-order valence-corrected chi connectivity index (χ3v) is 6.55. The average Bonchev–Trinajstić information content (AvgIpc) is 2.08. The summed E-state index contributed by atoms with van der Waals surface area (Å²) in [7, 11) is 2.34. The SMILES string of the molecule is CCS1=NC(C)(C)C(C)S1. The average molecular weight is 177 g/mol. The summed E-state index contributed by atoms with van der Waals surface area (Å²) in [5.74, 6) is 1.21. The summed E-state index contributed by atoms with van der Waals surface area (Å²) in [5.41, 5.74) is 0.226. The maximum Gasteiger partial charge on any atom is 0.0753 e. The van der Waals surface area contributed by atoms with Gasteiger partial charge in [-0.1, -0.05) is 24.6 Å². The van der Waals surface area contributed by atoms with E-state index >= 15 is 0 Å². The van der Waals surface area contributed by atoms with E-state index in [9.17, 15) is 0 Å². The minimum atomic E-state index is 0.226. The monoisotopic (exact) mass is 177 g/mol. The number of rotatable bonds is 1. The van der Waals surface area contributed by atoms with Crippen molar-refractivity contribution in [2.75, 3.05) is 5.75 Å². The second-order valence-electron chi connectivity index (χ2n) is 3.09. The molecule has 0 radical (unpaired) electrons. The first-order valence-corrected chi connectivity index (χ1v) is 6.42. The van der Waals surface area contributed by atoms with Crippen LogP contribution in [0.4, 0.5) is 0 Å². The lowest BCUT2D eigenvalue weighted by Crippen LogP contribution is -2.24. The fraction of sp³-hybridized carbons (Fsp3) is 1.00. The molecule has 0 aromatic carbocycles. The minimum Gasteiger partial charge on any atom is -0.247 e. The summed E-state index contributed by atoms with van der Waals surface area (Å²) in [6.07, 6.45) is 0. The fourth-order valence-corrected chi connectivity index (χ4v) is 5.27. The normalized spacial score (nSPS) is 37.6. The van der Waals surface area contributed by atoms with E-state index in [2.05, 4.69) is 27.7 Å². The summed E-state index contributed by atoms with van der Waals surface area (Å²) in [5, 5.41) is 0.704. The smallest absolute Gasteiger partial charge is 0.0753 e. The van der Waals surface area contributed by atoms with Crippen molar-refractivity contribution >= 4 is 20.5 Å². The van der Waals surface area contributed by atoms with Crippen molar-refractivity contribution in [1.82, 2.24) is 0 Å². The second kappa shape index (κ2) is 2.86. The van der Waals surface area contributed by atoms with Crippen LogP contribution in [0.1, 0.15) is 27.7 Å². The van der Waals surface area contributed by atoms with Gasteiger partial charge in [0.2, 0.25) is 0 Å². The summed E-state index contributed by atoms with van der Waals surface area (Å²) in [6, 6.07) is 0. The Hall–Kier alpha value is 0.500. The molecule has 0 aromatic rings. The Kier molecular flexibility index (Phi) is 2.46. The third kappa shape index (κ3) is 1.56. The minimum absolute atomic E-state index is 0.226. The van der Waals surface area contributed by atoms with E-state index < -0.39 is 0 Å². The van der Waals surface area contributed by atoms with E-state index in [1.54, 1.807) is 0 Å². The summed E-state index contributed by atoms with van der Waals surface area (Å²) in [4.78, 5) is 0. The Labute approximate surface area is 69.5 Å². The van der Waals surface area contributed by atoms with Crippen LogP contribution in [-0.4, -0.2) is 16.5 Å². The first-order chi connectivity index (χ1) is 4.56. The van der Waals surface area contributed by atoms with Crippen LogP contribution in [0.25, 0.3) is 0 Å². The Balaban J connectivity index is 2.71. The highest BCUT2D eigenvalue weighted by Crippen LogP contribution is 2.37. The molecule has 1 aliphatic rings. The van der Waals surface area contributed by atoms with Crippen LogP contribution < -0.4 is 0 Å². The summed E-state index contributed by atoms with van der Waals surface area (Å²) in [6.45, 7) is 8.95.